The maximum Gasteiger partial charge on any atom is 0.174 e. The number of aromatic nitrogens is 2. The molecule has 1 aromatic heterocycles. The maximum atomic E-state index is 4.22. The van der Waals surface area contributed by atoms with Crippen molar-refractivity contribution in [2.75, 3.05) is 6.54 Å². The molecule has 3 nitrogen and oxygen atoms in total. The van der Waals surface area contributed by atoms with E-state index < -0.39 is 0 Å². The molecule has 2 unspecified atom stereocenters. The van der Waals surface area contributed by atoms with Crippen LogP contribution in [0.5, 0.6) is 0 Å². The highest BCUT2D eigenvalue weighted by Crippen LogP contribution is 2.33. The van der Waals surface area contributed by atoms with Crippen molar-refractivity contribution in [2.45, 2.75) is 42.8 Å². The van der Waals surface area contributed by atoms with E-state index in [4.69, 9.17) is 0 Å². The van der Waals surface area contributed by atoms with E-state index in [2.05, 4.69) is 59.7 Å². The molecule has 2 rings (SSSR count). The predicted octanol–water partition coefficient (Wildman–Crippen LogP) is 4.07. The first-order chi connectivity index (χ1) is 9.70. The van der Waals surface area contributed by atoms with Crippen LogP contribution in [0.25, 0.3) is 0 Å². The van der Waals surface area contributed by atoms with Crippen molar-refractivity contribution in [3.05, 3.63) is 40.9 Å². The number of thioether (sulfide) groups is 1. The van der Waals surface area contributed by atoms with Gasteiger partial charge in [-0.05, 0) is 25.5 Å². The third kappa shape index (κ3) is 4.30. The molecule has 0 radical (unpaired) electrons. The summed E-state index contributed by atoms with van der Waals surface area (Å²) < 4.78 is 1.05. The molecule has 0 fully saturated rings. The highest BCUT2D eigenvalue weighted by molar-refractivity contribution is 8.01. The number of benzene rings is 1. The molecule has 2 aromatic rings. The van der Waals surface area contributed by atoms with E-state index >= 15 is 0 Å². The molecule has 0 bridgehead atoms. The minimum Gasteiger partial charge on any atom is -0.309 e. The Balaban J connectivity index is 2.09. The van der Waals surface area contributed by atoms with Crippen LogP contribution < -0.4 is 5.32 Å². The van der Waals surface area contributed by atoms with Crippen LogP contribution in [0.1, 0.15) is 36.9 Å². The highest BCUT2D eigenvalue weighted by Gasteiger charge is 2.20. The van der Waals surface area contributed by atoms with Crippen molar-refractivity contribution in [1.82, 2.24) is 15.5 Å². The van der Waals surface area contributed by atoms with Crippen LogP contribution in [0, 0.1) is 6.92 Å². The third-order valence-corrected chi connectivity index (χ3v) is 5.14. The van der Waals surface area contributed by atoms with Gasteiger partial charge in [0.2, 0.25) is 0 Å². The standard InChI is InChI=1S/C15H21N3S2/c1-4-10-16-14(13-8-6-5-7-9-13)11(2)19-15-18-17-12(3)20-15/h5-9,11,14,16H,4,10H2,1-3H3. The minimum absolute atomic E-state index is 0.338. The quantitative estimate of drug-likeness (QED) is 0.783. The summed E-state index contributed by atoms with van der Waals surface area (Å²) in [5.41, 5.74) is 1.34. The van der Waals surface area contributed by atoms with Gasteiger partial charge < -0.3 is 5.32 Å². The van der Waals surface area contributed by atoms with Crippen molar-refractivity contribution in [3.63, 3.8) is 0 Å². The normalized spacial score (nSPS) is 14.2. The van der Waals surface area contributed by atoms with Gasteiger partial charge in [-0.15, -0.1) is 10.2 Å². The van der Waals surface area contributed by atoms with E-state index in [1.54, 1.807) is 23.1 Å². The van der Waals surface area contributed by atoms with E-state index in [0.29, 0.717) is 11.3 Å². The van der Waals surface area contributed by atoms with Gasteiger partial charge in [-0.2, -0.15) is 0 Å². The average Bonchev–Trinajstić information content (AvgIpc) is 2.86. The molecule has 0 amide bonds. The summed E-state index contributed by atoms with van der Waals surface area (Å²) in [5.74, 6) is 0. The lowest BCUT2D eigenvalue weighted by molar-refractivity contribution is 0.528. The molecule has 0 saturated heterocycles. The van der Waals surface area contributed by atoms with Crippen molar-refractivity contribution in [2.24, 2.45) is 0 Å². The lowest BCUT2D eigenvalue weighted by atomic mass is 10.0. The van der Waals surface area contributed by atoms with Crippen LogP contribution in [-0.4, -0.2) is 22.0 Å². The molecule has 0 saturated carbocycles. The highest BCUT2D eigenvalue weighted by atomic mass is 32.2. The summed E-state index contributed by atoms with van der Waals surface area (Å²) in [6.07, 6.45) is 1.14. The van der Waals surface area contributed by atoms with Gasteiger partial charge in [-0.3, -0.25) is 0 Å². The zero-order valence-corrected chi connectivity index (χ0v) is 13.8. The number of hydrogen-bond donors (Lipinski definition) is 1. The largest absolute Gasteiger partial charge is 0.309 e. The molecular formula is C15H21N3S2. The molecule has 1 N–H and O–H groups in total. The second kappa shape index (κ2) is 7.76. The molecule has 20 heavy (non-hydrogen) atoms. The monoisotopic (exact) mass is 307 g/mol. The van der Waals surface area contributed by atoms with Gasteiger partial charge in [-0.1, -0.05) is 67.3 Å². The van der Waals surface area contributed by atoms with Crippen molar-refractivity contribution < 1.29 is 0 Å². The third-order valence-electron chi connectivity index (χ3n) is 3.04. The van der Waals surface area contributed by atoms with E-state index in [1.165, 1.54) is 5.56 Å². The van der Waals surface area contributed by atoms with Crippen molar-refractivity contribution >= 4 is 23.1 Å². The van der Waals surface area contributed by atoms with Gasteiger partial charge in [-0.25, -0.2) is 0 Å². The topological polar surface area (TPSA) is 37.8 Å². The summed E-state index contributed by atoms with van der Waals surface area (Å²) in [7, 11) is 0. The van der Waals surface area contributed by atoms with Gasteiger partial charge in [0.05, 0.1) is 0 Å². The number of rotatable bonds is 7. The molecule has 1 aromatic carbocycles. The second-order valence-corrected chi connectivity index (χ2v) is 7.56. The Bertz CT molecular complexity index is 513. The fraction of sp³-hybridized carbons (Fsp3) is 0.467. The number of aryl methyl sites for hydroxylation is 1. The first kappa shape index (κ1) is 15.5. The Morgan fingerprint density at radius 2 is 2.00 bits per heavy atom. The van der Waals surface area contributed by atoms with Gasteiger partial charge in [0.1, 0.15) is 5.01 Å². The summed E-state index contributed by atoms with van der Waals surface area (Å²) in [4.78, 5) is 0. The summed E-state index contributed by atoms with van der Waals surface area (Å²) in [6, 6.07) is 11.0. The van der Waals surface area contributed by atoms with Crippen LogP contribution in [0.3, 0.4) is 0 Å². The predicted molar refractivity (Wildman–Crippen MR) is 87.4 cm³/mol. The van der Waals surface area contributed by atoms with Crippen LogP contribution in [0.2, 0.25) is 0 Å². The van der Waals surface area contributed by atoms with Gasteiger partial charge in [0, 0.05) is 11.3 Å². The van der Waals surface area contributed by atoms with Gasteiger partial charge in [0.25, 0.3) is 0 Å². The minimum atomic E-state index is 0.338. The zero-order valence-electron chi connectivity index (χ0n) is 12.2. The van der Waals surface area contributed by atoms with Gasteiger partial charge in [0.15, 0.2) is 4.34 Å². The van der Waals surface area contributed by atoms with Crippen molar-refractivity contribution in [1.29, 1.82) is 0 Å². The number of hydrogen-bond acceptors (Lipinski definition) is 5. The molecule has 108 valence electrons. The Morgan fingerprint density at radius 1 is 1.25 bits per heavy atom. The van der Waals surface area contributed by atoms with E-state index in [-0.39, 0.29) is 0 Å². The lowest BCUT2D eigenvalue weighted by Crippen LogP contribution is -2.29. The van der Waals surface area contributed by atoms with Crippen LogP contribution in [-0.2, 0) is 0 Å². The summed E-state index contributed by atoms with van der Waals surface area (Å²) in [6.45, 7) is 7.47. The first-order valence-electron chi connectivity index (χ1n) is 6.95. The fourth-order valence-corrected chi connectivity index (χ4v) is 4.29. The zero-order chi connectivity index (χ0) is 14.4. The van der Waals surface area contributed by atoms with E-state index in [0.717, 1.165) is 22.3 Å². The molecule has 0 spiro atoms. The lowest BCUT2D eigenvalue weighted by Gasteiger charge is -2.24. The molecule has 0 aliphatic carbocycles. The molecule has 1 heterocycles. The van der Waals surface area contributed by atoms with Crippen LogP contribution in [0.4, 0.5) is 0 Å². The SMILES string of the molecule is CCCNC(c1ccccc1)C(C)Sc1nnc(C)s1. The second-order valence-electron chi connectivity index (χ2n) is 4.75. The van der Waals surface area contributed by atoms with Crippen molar-refractivity contribution in [3.8, 4) is 0 Å². The summed E-state index contributed by atoms with van der Waals surface area (Å²) >= 11 is 3.47. The first-order valence-corrected chi connectivity index (χ1v) is 8.65. The Morgan fingerprint density at radius 3 is 2.60 bits per heavy atom. The average molecular weight is 307 g/mol. The smallest absolute Gasteiger partial charge is 0.174 e. The molecule has 0 aliphatic heterocycles. The van der Waals surface area contributed by atoms with Gasteiger partial charge >= 0.3 is 0 Å². The Kier molecular flexibility index (Phi) is 6.01. The number of nitrogens with one attached hydrogen (secondary N) is 1. The maximum absolute atomic E-state index is 4.22. The van der Waals surface area contributed by atoms with E-state index in [9.17, 15) is 0 Å². The molecule has 2 atom stereocenters. The fourth-order valence-electron chi connectivity index (χ4n) is 2.07. The summed E-state index contributed by atoms with van der Waals surface area (Å²) in [5, 5.41) is 13.4. The Labute approximate surface area is 129 Å². The number of nitrogens with zero attached hydrogens (tertiary/aromatic N) is 2. The van der Waals surface area contributed by atoms with E-state index in [1.807, 2.05) is 6.92 Å². The molecule has 0 aliphatic rings. The molecule has 5 heteroatoms. The molecular weight excluding hydrogens is 286 g/mol. The van der Waals surface area contributed by atoms with Crippen LogP contribution in [0.15, 0.2) is 34.7 Å². The Hall–Kier alpha value is -0.910. The van der Waals surface area contributed by atoms with Crippen LogP contribution >= 0.6 is 23.1 Å².